The molecule has 0 spiro atoms. The highest BCUT2D eigenvalue weighted by Crippen LogP contribution is 2.10. The second kappa shape index (κ2) is 19.8. The molecule has 0 heterocycles. The average molecular weight is 357 g/mol. The van der Waals surface area contributed by atoms with Crippen LogP contribution in [-0.2, 0) is 18.8 Å². The minimum absolute atomic E-state index is 0. The van der Waals surface area contributed by atoms with Gasteiger partial charge in [0.15, 0.2) is 0 Å². The van der Waals surface area contributed by atoms with Gasteiger partial charge in [0.25, 0.3) is 0 Å². The fraction of sp³-hybridized carbons (Fsp3) is 1.00. The third-order valence-electron chi connectivity index (χ3n) is 2.93. The number of hydrogen-bond donors (Lipinski definition) is 1. The predicted molar refractivity (Wildman–Crippen MR) is 98.4 cm³/mol. The molecule has 0 rings (SSSR count). The van der Waals surface area contributed by atoms with Gasteiger partial charge in [0.1, 0.15) is 0 Å². The van der Waals surface area contributed by atoms with Gasteiger partial charge in [-0.05, 0) is 27.6 Å². The van der Waals surface area contributed by atoms with Crippen molar-refractivity contribution in [1.29, 1.82) is 0 Å². The summed E-state index contributed by atoms with van der Waals surface area (Å²) in [5, 5.41) is 0. The van der Waals surface area contributed by atoms with Crippen LogP contribution >= 0.6 is 0 Å². The summed E-state index contributed by atoms with van der Waals surface area (Å²) < 4.78 is 30.4. The van der Waals surface area contributed by atoms with E-state index < -0.39 is 10.4 Å². The molecule has 0 aromatic rings. The van der Waals surface area contributed by atoms with Gasteiger partial charge in [0, 0.05) is 0 Å². The second-order valence-electron chi connectivity index (χ2n) is 5.92. The first kappa shape index (κ1) is 27.6. The van der Waals surface area contributed by atoms with Crippen molar-refractivity contribution in [3.05, 3.63) is 0 Å². The zero-order valence-corrected chi connectivity index (χ0v) is 16.8. The van der Waals surface area contributed by atoms with Crippen LogP contribution in [0.15, 0.2) is 0 Å². The van der Waals surface area contributed by atoms with Gasteiger partial charge >= 0.3 is 10.4 Å². The molecule has 0 amide bonds. The van der Waals surface area contributed by atoms with Crippen molar-refractivity contribution in [3.63, 3.8) is 0 Å². The minimum atomic E-state index is -3.73. The smallest absolute Gasteiger partial charge is 0.344 e. The van der Waals surface area contributed by atoms with E-state index >= 15 is 0 Å². The van der Waals surface area contributed by atoms with Crippen LogP contribution in [0.25, 0.3) is 0 Å². The predicted octanol–water partition coefficient (Wildman–Crippen LogP) is 4.15. The monoisotopic (exact) mass is 356 g/mol. The van der Waals surface area contributed by atoms with Crippen molar-refractivity contribution in [2.24, 2.45) is 0 Å². The van der Waals surface area contributed by atoms with Crippen molar-refractivity contribution < 1.29 is 16.8 Å². The molecule has 0 atom stereocenters. The number of nitrogens with zero attached hydrogens (tertiary/aromatic N) is 1. The molecule has 0 radical (unpaired) electrons. The average Bonchev–Trinajstić information content (AvgIpc) is 2.44. The summed E-state index contributed by atoms with van der Waals surface area (Å²) in [5.41, 5.74) is 0. The summed E-state index contributed by atoms with van der Waals surface area (Å²) in [6.07, 6.45) is 12.2. The Balaban J connectivity index is -0.000000712. The highest BCUT2D eigenvalue weighted by atomic mass is 32.3. The standard InChI is InChI=1S/C13H28O4S.C3H9N.H3N/c1-3-4-5-6-7-8-9-10-11-12-13-17-18(14,15)16-2;1-4(2)3;/h3-13H2,1-2H3;1-3H3;1H3. The van der Waals surface area contributed by atoms with Crippen molar-refractivity contribution in [2.45, 2.75) is 71.1 Å². The fourth-order valence-corrected chi connectivity index (χ4v) is 2.22. The molecule has 23 heavy (non-hydrogen) atoms. The molecule has 0 fully saturated rings. The van der Waals surface area contributed by atoms with E-state index in [-0.39, 0.29) is 12.8 Å². The zero-order chi connectivity index (χ0) is 17.3. The molecule has 0 aromatic carbocycles. The Morgan fingerprint density at radius 3 is 1.48 bits per heavy atom. The van der Waals surface area contributed by atoms with Gasteiger partial charge in [-0.15, -0.1) is 0 Å². The maximum absolute atomic E-state index is 10.8. The van der Waals surface area contributed by atoms with Crippen LogP contribution < -0.4 is 6.15 Å². The minimum Gasteiger partial charge on any atom is -0.344 e. The van der Waals surface area contributed by atoms with E-state index in [1.54, 1.807) is 0 Å². The molecular formula is C16H40N2O4S. The van der Waals surface area contributed by atoms with Gasteiger partial charge in [-0.2, -0.15) is 8.42 Å². The summed E-state index contributed by atoms with van der Waals surface area (Å²) in [6.45, 7) is 2.46. The lowest BCUT2D eigenvalue weighted by Gasteiger charge is -2.03. The number of rotatable bonds is 13. The number of unbranched alkanes of at least 4 members (excludes halogenated alkanes) is 9. The normalized spacial score (nSPS) is 10.9. The van der Waals surface area contributed by atoms with E-state index in [2.05, 4.69) is 15.3 Å². The summed E-state index contributed by atoms with van der Waals surface area (Å²) >= 11 is 0. The lowest BCUT2D eigenvalue weighted by atomic mass is 10.1. The lowest BCUT2D eigenvalue weighted by molar-refractivity contribution is 0.238. The molecule has 0 saturated carbocycles. The Bertz CT molecular complexity index is 306. The number of hydrogen-bond acceptors (Lipinski definition) is 6. The topological polar surface area (TPSA) is 90.8 Å². The Morgan fingerprint density at radius 1 is 0.783 bits per heavy atom. The van der Waals surface area contributed by atoms with Crippen LogP contribution in [0.2, 0.25) is 0 Å². The molecule has 0 aliphatic rings. The van der Waals surface area contributed by atoms with Gasteiger partial charge < -0.3 is 11.1 Å². The molecule has 6 nitrogen and oxygen atoms in total. The Labute approximate surface area is 144 Å². The largest absolute Gasteiger partial charge is 0.399 e. The van der Waals surface area contributed by atoms with Crippen LogP contribution in [0.3, 0.4) is 0 Å². The molecule has 144 valence electrons. The van der Waals surface area contributed by atoms with E-state index in [0.717, 1.165) is 26.4 Å². The van der Waals surface area contributed by atoms with Crippen LogP contribution in [0.1, 0.15) is 71.1 Å². The molecule has 0 aliphatic heterocycles. The molecular weight excluding hydrogens is 316 g/mol. The molecule has 7 heteroatoms. The summed E-state index contributed by atoms with van der Waals surface area (Å²) in [7, 11) is 3.38. The lowest BCUT2D eigenvalue weighted by Crippen LogP contribution is -2.08. The van der Waals surface area contributed by atoms with E-state index in [1.165, 1.54) is 44.9 Å². The van der Waals surface area contributed by atoms with Gasteiger partial charge in [-0.1, -0.05) is 64.7 Å². The summed E-state index contributed by atoms with van der Waals surface area (Å²) in [6, 6.07) is 0. The van der Waals surface area contributed by atoms with Gasteiger partial charge in [0.05, 0.1) is 13.7 Å². The first-order valence-electron chi connectivity index (χ1n) is 8.41. The van der Waals surface area contributed by atoms with Crippen molar-refractivity contribution in [2.75, 3.05) is 34.9 Å². The Hall–Kier alpha value is -0.210. The summed E-state index contributed by atoms with van der Waals surface area (Å²) in [5.74, 6) is 0. The van der Waals surface area contributed by atoms with Crippen molar-refractivity contribution in [1.82, 2.24) is 11.1 Å². The first-order chi connectivity index (χ1) is 10.4. The quantitative estimate of drug-likeness (QED) is 0.498. The van der Waals surface area contributed by atoms with E-state index in [4.69, 9.17) is 0 Å². The van der Waals surface area contributed by atoms with Crippen molar-refractivity contribution in [3.8, 4) is 0 Å². The maximum Gasteiger partial charge on any atom is 0.399 e. The summed E-state index contributed by atoms with van der Waals surface area (Å²) in [4.78, 5) is 2.00. The first-order valence-corrected chi connectivity index (χ1v) is 9.75. The van der Waals surface area contributed by atoms with Crippen LogP contribution in [0.5, 0.6) is 0 Å². The molecule has 0 saturated heterocycles. The molecule has 0 aliphatic carbocycles. The van der Waals surface area contributed by atoms with Gasteiger partial charge in [-0.3, -0.25) is 4.18 Å². The van der Waals surface area contributed by atoms with Crippen LogP contribution in [0.4, 0.5) is 0 Å². The fourth-order valence-electron chi connectivity index (χ4n) is 1.80. The van der Waals surface area contributed by atoms with E-state index in [0.29, 0.717) is 0 Å². The SMILES string of the molecule is CCCCCCCCCCCCOS(=O)(=O)OC.CN(C)C.N. The van der Waals surface area contributed by atoms with E-state index in [9.17, 15) is 8.42 Å². The highest BCUT2D eigenvalue weighted by Gasteiger charge is 2.07. The molecule has 0 unspecified atom stereocenters. The Morgan fingerprint density at radius 2 is 1.13 bits per heavy atom. The Kier molecular flexibility index (Phi) is 23.8. The van der Waals surface area contributed by atoms with Gasteiger partial charge in [-0.25, -0.2) is 4.18 Å². The van der Waals surface area contributed by atoms with Crippen molar-refractivity contribution >= 4 is 10.4 Å². The zero-order valence-electron chi connectivity index (χ0n) is 16.0. The highest BCUT2D eigenvalue weighted by molar-refractivity contribution is 7.81. The molecule has 3 N–H and O–H groups in total. The van der Waals surface area contributed by atoms with Gasteiger partial charge in [0.2, 0.25) is 0 Å². The van der Waals surface area contributed by atoms with E-state index in [1.807, 2.05) is 26.0 Å². The molecule has 0 bridgehead atoms. The second-order valence-corrected chi connectivity index (χ2v) is 7.31. The van der Waals surface area contributed by atoms with Crippen LogP contribution in [-0.4, -0.2) is 48.2 Å². The molecule has 0 aromatic heterocycles. The third-order valence-corrected chi connectivity index (χ3v) is 3.79. The third kappa shape index (κ3) is 30.3. The van der Waals surface area contributed by atoms with Crippen LogP contribution in [0, 0.1) is 0 Å². The maximum atomic E-state index is 10.8.